The number of hydrogen-bond acceptors (Lipinski definition) is 12. The molecule has 0 aliphatic rings. The van der Waals surface area contributed by atoms with E-state index in [9.17, 15) is 31.6 Å². The second kappa shape index (κ2) is 18.9. The number of rotatable bonds is 12. The molecule has 2 amide bonds. The number of aromatic nitrogens is 8. The molecule has 0 fully saturated rings. The average Bonchev–Trinajstić information content (AvgIpc) is 3.93. The van der Waals surface area contributed by atoms with Gasteiger partial charge in [0.2, 0.25) is 0 Å². The molecule has 0 saturated heterocycles. The van der Waals surface area contributed by atoms with Crippen LogP contribution in [0.4, 0.5) is 8.78 Å². The summed E-state index contributed by atoms with van der Waals surface area (Å²) in [5.41, 5.74) is 4.73. The molecular weight excluding hydrogens is 890 g/mol. The van der Waals surface area contributed by atoms with E-state index in [1.807, 2.05) is 12.1 Å². The summed E-state index contributed by atoms with van der Waals surface area (Å²) in [6, 6.07) is 18.3. The molecule has 6 aromatic heterocycles. The first-order chi connectivity index (χ1) is 29.9. The topological polar surface area (TPSA) is 206 Å². The van der Waals surface area contributed by atoms with Crippen molar-refractivity contribution in [3.63, 3.8) is 0 Å². The summed E-state index contributed by atoms with van der Waals surface area (Å²) in [4.78, 5) is 53.0. The third kappa shape index (κ3) is 9.99. The lowest BCUT2D eigenvalue weighted by Gasteiger charge is -2.08. The molecule has 0 radical (unpaired) electrons. The van der Waals surface area contributed by atoms with Crippen molar-refractivity contribution in [1.29, 1.82) is 0 Å². The summed E-state index contributed by atoms with van der Waals surface area (Å²) >= 11 is 3.28. The van der Waals surface area contributed by atoms with Crippen LogP contribution in [0.2, 0.25) is 0 Å². The summed E-state index contributed by atoms with van der Waals surface area (Å²) in [6.07, 6.45) is 12.0. The predicted octanol–water partition coefficient (Wildman–Crippen LogP) is 5.87. The number of halogens is 3. The first-order valence-corrected chi connectivity index (χ1v) is 20.9. The maximum atomic E-state index is 13.2. The second-order valence-corrected chi connectivity index (χ2v) is 16.2. The van der Waals surface area contributed by atoms with Crippen LogP contribution in [0.25, 0.3) is 33.2 Å². The van der Waals surface area contributed by atoms with Gasteiger partial charge in [-0.3, -0.25) is 24.4 Å². The maximum Gasteiger partial charge on any atom is 0.306 e. The lowest BCUT2D eigenvalue weighted by molar-refractivity contribution is -0.140. The molecule has 0 aliphatic carbocycles. The Morgan fingerprint density at radius 3 is 1.56 bits per heavy atom. The van der Waals surface area contributed by atoms with Crippen molar-refractivity contribution in [2.24, 2.45) is 0 Å². The highest BCUT2D eigenvalue weighted by Crippen LogP contribution is 2.23. The molecule has 16 nitrogen and oxygen atoms in total. The Bertz CT molecular complexity index is 3000. The molecule has 0 atom stereocenters. The third-order valence-electron chi connectivity index (χ3n) is 9.24. The number of pyridine rings is 4. The number of benzene rings is 2. The van der Waals surface area contributed by atoms with Crippen LogP contribution in [0.1, 0.15) is 38.3 Å². The summed E-state index contributed by atoms with van der Waals surface area (Å²) < 4.78 is 59.4. The van der Waals surface area contributed by atoms with Gasteiger partial charge >= 0.3 is 5.97 Å². The smallest absolute Gasteiger partial charge is 0.306 e. The first-order valence-electron chi connectivity index (χ1n) is 18.5. The third-order valence-corrected chi connectivity index (χ3v) is 11.3. The number of amides is 2. The number of nitrogens with zero attached hydrogens (tertiary/aromatic N) is 8. The van der Waals surface area contributed by atoms with Crippen molar-refractivity contribution >= 4 is 65.4 Å². The largest absolute Gasteiger partial charge is 0.469 e. The Kier molecular flexibility index (Phi) is 13.1. The van der Waals surface area contributed by atoms with Crippen molar-refractivity contribution in [2.45, 2.75) is 24.5 Å². The molecule has 2 N–H and O–H groups in total. The highest BCUT2D eigenvalue weighted by Gasteiger charge is 2.20. The van der Waals surface area contributed by atoms with Gasteiger partial charge in [-0.15, -0.1) is 0 Å². The Balaban J connectivity index is 0.000000192. The first kappa shape index (κ1) is 42.8. The molecule has 0 spiro atoms. The number of ether oxygens (including phenoxy) is 1. The van der Waals surface area contributed by atoms with E-state index in [-0.39, 0.29) is 35.5 Å². The highest BCUT2D eigenvalue weighted by atomic mass is 79.9. The van der Waals surface area contributed by atoms with Gasteiger partial charge in [-0.1, -0.05) is 12.1 Å². The fourth-order valence-electron chi connectivity index (χ4n) is 6.01. The lowest BCUT2D eigenvalue weighted by Crippen LogP contribution is -2.23. The number of fused-ring (bicyclic) bond motifs is 2. The van der Waals surface area contributed by atoms with E-state index in [0.717, 1.165) is 10.2 Å². The van der Waals surface area contributed by atoms with E-state index in [2.05, 4.69) is 61.4 Å². The molecule has 6 heterocycles. The second-order valence-electron chi connectivity index (χ2n) is 13.3. The molecule has 8 aromatic rings. The minimum absolute atomic E-state index is 0.0941. The average molecular weight is 924 g/mol. The summed E-state index contributed by atoms with van der Waals surface area (Å²) in [7, 11) is -2.56. The van der Waals surface area contributed by atoms with E-state index < -0.39 is 27.5 Å². The fourth-order valence-corrected chi connectivity index (χ4v) is 7.38. The monoisotopic (exact) mass is 922 g/mol. The van der Waals surface area contributed by atoms with E-state index in [4.69, 9.17) is 0 Å². The van der Waals surface area contributed by atoms with E-state index in [1.165, 1.54) is 68.3 Å². The van der Waals surface area contributed by atoms with Crippen LogP contribution in [0, 0.1) is 11.6 Å². The van der Waals surface area contributed by atoms with Crippen LogP contribution >= 0.6 is 15.9 Å². The number of hydrogen-bond donors (Lipinski definition) is 2. The zero-order chi connectivity index (χ0) is 43.8. The Hall–Kier alpha value is -7.32. The number of nitrogens with one attached hydrogen (secondary N) is 2. The van der Waals surface area contributed by atoms with E-state index >= 15 is 0 Å². The summed E-state index contributed by atoms with van der Waals surface area (Å²) in [6.45, 7) is 0.443. The molecule has 0 aliphatic heterocycles. The van der Waals surface area contributed by atoms with Gasteiger partial charge in [0, 0.05) is 48.6 Å². The predicted molar refractivity (Wildman–Crippen MR) is 225 cm³/mol. The Labute approximate surface area is 360 Å². The standard InChI is InChI=1S/C23H20FN5O5S.C19H13BrFN5O/c1-34-22(30)8-9-35(32,33)21-7-2-15(10-26-21)11-27-23(31)19-12-25-14-20-18(19)13-28-29(20)17-5-3-16(24)4-6-17;20-18-6-1-12(7-23-18)8-24-19(27)16-9-22-11-17-15(16)10-25-26(17)14-4-2-13(21)3-5-14/h2-7,10,12-14H,8-9,11H2,1H3,(H,27,31);1-7,9-11H,8H2,(H,24,27). The number of carbonyl (C=O) groups excluding carboxylic acids is 3. The van der Waals surface area contributed by atoms with Gasteiger partial charge in [-0.25, -0.2) is 36.5 Å². The quantitative estimate of drug-likeness (QED) is 0.109. The fraction of sp³-hybridized carbons (Fsp3) is 0.119. The molecule has 0 unspecified atom stereocenters. The van der Waals surface area contributed by atoms with Crippen molar-refractivity contribution in [2.75, 3.05) is 12.9 Å². The number of esters is 1. The molecule has 0 saturated carbocycles. The van der Waals surface area contributed by atoms with Gasteiger partial charge in [0.25, 0.3) is 11.8 Å². The molecule has 2 aromatic carbocycles. The van der Waals surface area contributed by atoms with Crippen molar-refractivity contribution in [1.82, 2.24) is 50.1 Å². The van der Waals surface area contributed by atoms with Gasteiger partial charge in [0.05, 0.1) is 77.6 Å². The Morgan fingerprint density at radius 1 is 0.645 bits per heavy atom. The van der Waals surface area contributed by atoms with Gasteiger partial charge in [-0.2, -0.15) is 10.2 Å². The summed E-state index contributed by atoms with van der Waals surface area (Å²) in [5.74, 6) is -2.39. The van der Waals surface area contributed by atoms with Crippen LogP contribution < -0.4 is 10.6 Å². The van der Waals surface area contributed by atoms with Crippen molar-refractivity contribution in [3.8, 4) is 11.4 Å². The SMILES string of the molecule is COC(=O)CCS(=O)(=O)c1ccc(CNC(=O)c2cncc3c2cnn3-c2ccc(F)cc2)cn1.O=C(NCc1ccc(Br)nc1)c1cncc2c1cnn2-c1ccc(F)cc1. The van der Waals surface area contributed by atoms with Gasteiger partial charge in [0.15, 0.2) is 14.9 Å². The van der Waals surface area contributed by atoms with Gasteiger partial charge < -0.3 is 15.4 Å². The Morgan fingerprint density at radius 2 is 1.13 bits per heavy atom. The molecule has 62 heavy (non-hydrogen) atoms. The zero-order valence-corrected chi connectivity index (χ0v) is 34.8. The number of methoxy groups -OCH3 is 1. The maximum absolute atomic E-state index is 13.2. The summed E-state index contributed by atoms with van der Waals surface area (Å²) in [5, 5.41) is 15.3. The normalized spacial score (nSPS) is 11.2. The van der Waals surface area contributed by atoms with Crippen molar-refractivity contribution < 1.29 is 36.3 Å². The molecule has 8 rings (SSSR count). The highest BCUT2D eigenvalue weighted by molar-refractivity contribution is 9.10. The van der Waals surface area contributed by atoms with Crippen LogP contribution in [-0.4, -0.2) is 78.6 Å². The van der Waals surface area contributed by atoms with Gasteiger partial charge in [-0.05, 0) is 87.7 Å². The lowest BCUT2D eigenvalue weighted by atomic mass is 10.1. The van der Waals surface area contributed by atoms with E-state index in [1.54, 1.807) is 58.4 Å². The van der Waals surface area contributed by atoms with Crippen LogP contribution in [0.15, 0.2) is 132 Å². The van der Waals surface area contributed by atoms with Crippen LogP contribution in [0.5, 0.6) is 0 Å². The van der Waals surface area contributed by atoms with Gasteiger partial charge in [0.1, 0.15) is 16.2 Å². The molecular formula is C42H33BrF2N10O6S. The molecule has 0 bridgehead atoms. The molecule has 314 valence electrons. The number of sulfone groups is 1. The van der Waals surface area contributed by atoms with Crippen LogP contribution in [-0.2, 0) is 32.5 Å². The van der Waals surface area contributed by atoms with Crippen molar-refractivity contribution in [3.05, 3.63) is 161 Å². The zero-order valence-electron chi connectivity index (χ0n) is 32.4. The van der Waals surface area contributed by atoms with E-state index in [0.29, 0.717) is 56.4 Å². The number of carbonyl (C=O) groups is 3. The van der Waals surface area contributed by atoms with Crippen LogP contribution in [0.3, 0.4) is 0 Å². The molecule has 20 heteroatoms. The minimum atomic E-state index is -3.74. The minimum Gasteiger partial charge on any atom is -0.469 e.